The van der Waals surface area contributed by atoms with Crippen LogP contribution in [-0.4, -0.2) is 35.3 Å². The molecule has 25 heavy (non-hydrogen) atoms. The molecule has 0 aromatic heterocycles. The number of aryl methyl sites for hydroxylation is 1. The first kappa shape index (κ1) is 16.8. The van der Waals surface area contributed by atoms with E-state index in [0.717, 1.165) is 31.4 Å². The molecule has 2 aromatic carbocycles. The molecule has 2 unspecified atom stereocenters. The Kier molecular flexibility index (Phi) is 4.63. The summed E-state index contributed by atoms with van der Waals surface area (Å²) in [6, 6.07) is 19.7. The fourth-order valence-corrected chi connectivity index (χ4v) is 4.38. The molecule has 1 N–H and O–H groups in total. The van der Waals surface area contributed by atoms with Crippen LogP contribution in [0.25, 0.3) is 0 Å². The van der Waals surface area contributed by atoms with E-state index in [2.05, 4.69) is 66.4 Å². The van der Waals surface area contributed by atoms with Crippen molar-refractivity contribution in [3.63, 3.8) is 0 Å². The Hall–Kier alpha value is -1.68. The van der Waals surface area contributed by atoms with Crippen molar-refractivity contribution < 1.29 is 9.84 Å². The highest BCUT2D eigenvalue weighted by atomic mass is 16.5. The minimum absolute atomic E-state index is 0.267. The number of nitrogens with zero attached hydrogens (tertiary/aromatic N) is 1. The number of piperidine rings is 1. The molecule has 4 rings (SSSR count). The SMILES string of the molecule is CCc1ccc(C2(O)CC3COCC(C2)N3Cc2ccccc2)cc1. The average Bonchev–Trinajstić information content (AvgIpc) is 2.64. The summed E-state index contributed by atoms with van der Waals surface area (Å²) in [6.07, 6.45) is 2.51. The lowest BCUT2D eigenvalue weighted by molar-refractivity contribution is -0.149. The molecule has 132 valence electrons. The summed E-state index contributed by atoms with van der Waals surface area (Å²) in [4.78, 5) is 2.54. The fourth-order valence-electron chi connectivity index (χ4n) is 4.38. The number of rotatable bonds is 4. The highest BCUT2D eigenvalue weighted by molar-refractivity contribution is 5.29. The standard InChI is InChI=1S/C22H27NO2/c1-2-17-8-10-19(11-9-17)22(24)12-20-15-25-16-21(13-22)23(20)14-18-6-4-3-5-7-18/h3-11,20-21,24H,2,12-16H2,1H3. The van der Waals surface area contributed by atoms with Gasteiger partial charge in [0.25, 0.3) is 0 Å². The molecule has 2 fully saturated rings. The van der Waals surface area contributed by atoms with Crippen LogP contribution in [0.5, 0.6) is 0 Å². The van der Waals surface area contributed by atoms with E-state index < -0.39 is 5.60 Å². The van der Waals surface area contributed by atoms with Crippen molar-refractivity contribution in [1.82, 2.24) is 4.90 Å². The molecule has 2 atom stereocenters. The van der Waals surface area contributed by atoms with Gasteiger partial charge >= 0.3 is 0 Å². The Balaban J connectivity index is 1.55. The van der Waals surface area contributed by atoms with Crippen LogP contribution in [0.1, 0.15) is 36.5 Å². The molecule has 2 bridgehead atoms. The maximum Gasteiger partial charge on any atom is 0.0928 e. The minimum Gasteiger partial charge on any atom is -0.385 e. The lowest BCUT2D eigenvalue weighted by Crippen LogP contribution is -2.60. The lowest BCUT2D eigenvalue weighted by Gasteiger charge is -2.52. The van der Waals surface area contributed by atoms with E-state index in [1.165, 1.54) is 11.1 Å². The molecular weight excluding hydrogens is 310 g/mol. The van der Waals surface area contributed by atoms with Crippen molar-refractivity contribution in [1.29, 1.82) is 0 Å². The van der Waals surface area contributed by atoms with Gasteiger partial charge in [-0.3, -0.25) is 4.90 Å². The molecular formula is C22H27NO2. The van der Waals surface area contributed by atoms with Gasteiger partial charge in [-0.25, -0.2) is 0 Å². The summed E-state index contributed by atoms with van der Waals surface area (Å²) in [5, 5.41) is 11.4. The van der Waals surface area contributed by atoms with Gasteiger partial charge < -0.3 is 9.84 Å². The molecule has 0 amide bonds. The number of hydrogen-bond acceptors (Lipinski definition) is 3. The third-order valence-electron chi connectivity index (χ3n) is 5.81. The van der Waals surface area contributed by atoms with Crippen LogP contribution in [0.3, 0.4) is 0 Å². The molecule has 0 aliphatic carbocycles. The van der Waals surface area contributed by atoms with E-state index in [1.807, 2.05) is 0 Å². The zero-order valence-corrected chi connectivity index (χ0v) is 14.9. The predicted octanol–water partition coefficient (Wildman–Crippen LogP) is 3.50. The zero-order valence-electron chi connectivity index (χ0n) is 14.9. The molecule has 0 saturated carbocycles. The van der Waals surface area contributed by atoms with Crippen molar-refractivity contribution in [3.05, 3.63) is 71.3 Å². The summed E-state index contributed by atoms with van der Waals surface area (Å²) in [7, 11) is 0. The van der Waals surface area contributed by atoms with Gasteiger partial charge in [-0.15, -0.1) is 0 Å². The second-order valence-corrected chi connectivity index (χ2v) is 7.49. The van der Waals surface area contributed by atoms with Crippen LogP contribution >= 0.6 is 0 Å². The number of aliphatic hydroxyl groups is 1. The number of benzene rings is 2. The van der Waals surface area contributed by atoms with Gasteiger partial charge in [0.15, 0.2) is 0 Å². The first-order chi connectivity index (χ1) is 12.2. The Morgan fingerprint density at radius 1 is 0.960 bits per heavy atom. The second-order valence-electron chi connectivity index (χ2n) is 7.49. The summed E-state index contributed by atoms with van der Waals surface area (Å²) in [5.41, 5.74) is 2.97. The zero-order chi connectivity index (χ0) is 17.3. The van der Waals surface area contributed by atoms with Gasteiger partial charge in [0.1, 0.15) is 0 Å². The normalized spacial score (nSPS) is 29.5. The molecule has 2 aliphatic heterocycles. The Bertz CT molecular complexity index is 684. The van der Waals surface area contributed by atoms with Crippen LogP contribution < -0.4 is 0 Å². The number of hydrogen-bond donors (Lipinski definition) is 1. The highest BCUT2D eigenvalue weighted by Crippen LogP contribution is 2.41. The second kappa shape index (κ2) is 6.91. The van der Waals surface area contributed by atoms with E-state index in [9.17, 15) is 5.11 Å². The van der Waals surface area contributed by atoms with Crippen molar-refractivity contribution >= 4 is 0 Å². The molecule has 0 spiro atoms. The van der Waals surface area contributed by atoms with Gasteiger partial charge in [-0.2, -0.15) is 0 Å². The van der Waals surface area contributed by atoms with Crippen LogP contribution in [0, 0.1) is 0 Å². The summed E-state index contributed by atoms with van der Waals surface area (Å²) in [6.45, 7) is 4.51. The first-order valence-electron chi connectivity index (χ1n) is 9.37. The average molecular weight is 337 g/mol. The molecule has 3 heteroatoms. The lowest BCUT2D eigenvalue weighted by atomic mass is 9.76. The Morgan fingerprint density at radius 3 is 2.20 bits per heavy atom. The quantitative estimate of drug-likeness (QED) is 0.927. The molecule has 2 aliphatic rings. The van der Waals surface area contributed by atoms with Crippen LogP contribution in [0.2, 0.25) is 0 Å². The van der Waals surface area contributed by atoms with E-state index in [4.69, 9.17) is 4.74 Å². The third-order valence-corrected chi connectivity index (χ3v) is 5.81. The number of ether oxygens (including phenoxy) is 1. The van der Waals surface area contributed by atoms with Crippen LogP contribution in [0.15, 0.2) is 54.6 Å². The van der Waals surface area contributed by atoms with Crippen molar-refractivity contribution in [2.24, 2.45) is 0 Å². The molecule has 2 heterocycles. The van der Waals surface area contributed by atoms with Gasteiger partial charge in [0.2, 0.25) is 0 Å². The molecule has 3 nitrogen and oxygen atoms in total. The number of morpholine rings is 1. The monoisotopic (exact) mass is 337 g/mol. The van der Waals surface area contributed by atoms with Crippen LogP contribution in [0.4, 0.5) is 0 Å². The molecule has 2 aromatic rings. The van der Waals surface area contributed by atoms with E-state index >= 15 is 0 Å². The van der Waals surface area contributed by atoms with E-state index in [1.54, 1.807) is 0 Å². The highest BCUT2D eigenvalue weighted by Gasteiger charge is 2.46. The minimum atomic E-state index is -0.738. The van der Waals surface area contributed by atoms with Gasteiger partial charge in [0, 0.05) is 18.6 Å². The molecule has 2 saturated heterocycles. The Labute approximate surface area is 150 Å². The maximum absolute atomic E-state index is 11.4. The van der Waals surface area contributed by atoms with Gasteiger partial charge in [-0.05, 0) is 36.0 Å². The Morgan fingerprint density at radius 2 is 1.60 bits per heavy atom. The smallest absolute Gasteiger partial charge is 0.0928 e. The van der Waals surface area contributed by atoms with Crippen LogP contribution in [-0.2, 0) is 23.3 Å². The molecule has 0 radical (unpaired) electrons. The van der Waals surface area contributed by atoms with E-state index in [-0.39, 0.29) is 12.1 Å². The van der Waals surface area contributed by atoms with Crippen molar-refractivity contribution in [3.8, 4) is 0 Å². The summed E-state index contributed by atoms with van der Waals surface area (Å²) < 4.78 is 5.82. The van der Waals surface area contributed by atoms with Gasteiger partial charge in [0.05, 0.1) is 18.8 Å². The van der Waals surface area contributed by atoms with Crippen molar-refractivity contribution in [2.45, 2.75) is 50.4 Å². The summed E-state index contributed by atoms with van der Waals surface area (Å²) in [5.74, 6) is 0. The predicted molar refractivity (Wildman–Crippen MR) is 99.3 cm³/mol. The maximum atomic E-state index is 11.4. The summed E-state index contributed by atoms with van der Waals surface area (Å²) >= 11 is 0. The topological polar surface area (TPSA) is 32.7 Å². The number of fused-ring (bicyclic) bond motifs is 2. The van der Waals surface area contributed by atoms with Crippen molar-refractivity contribution in [2.75, 3.05) is 13.2 Å². The fraction of sp³-hybridized carbons (Fsp3) is 0.455. The first-order valence-corrected chi connectivity index (χ1v) is 9.37. The largest absolute Gasteiger partial charge is 0.385 e. The third kappa shape index (κ3) is 3.37. The van der Waals surface area contributed by atoms with Gasteiger partial charge in [-0.1, -0.05) is 61.5 Å². The van der Waals surface area contributed by atoms with E-state index in [0.29, 0.717) is 13.2 Å².